The van der Waals surface area contributed by atoms with Crippen LogP contribution >= 0.6 is 0 Å². The van der Waals surface area contributed by atoms with Crippen molar-refractivity contribution in [3.05, 3.63) is 108 Å². The normalized spacial score (nSPS) is 11.6. The van der Waals surface area contributed by atoms with Gasteiger partial charge in [-0.2, -0.15) is 0 Å². The van der Waals surface area contributed by atoms with Crippen LogP contribution in [0.15, 0.2) is 91.1 Å². The van der Waals surface area contributed by atoms with Gasteiger partial charge in [0.05, 0.1) is 0 Å². The summed E-state index contributed by atoms with van der Waals surface area (Å²) >= 11 is 0. The summed E-state index contributed by atoms with van der Waals surface area (Å²) in [5.41, 5.74) is 3.24. The Labute approximate surface area is 192 Å². The van der Waals surface area contributed by atoms with Gasteiger partial charge in [0, 0.05) is 29.1 Å². The third kappa shape index (κ3) is 6.23. The van der Waals surface area contributed by atoms with Gasteiger partial charge < -0.3 is 10.6 Å². The molecule has 0 fully saturated rings. The molecular weight excluding hydrogens is 415 g/mol. The maximum atomic E-state index is 13.5. The fourth-order valence-corrected chi connectivity index (χ4v) is 3.45. The van der Waals surface area contributed by atoms with E-state index < -0.39 is 0 Å². The molecule has 1 heterocycles. The Morgan fingerprint density at radius 2 is 1.76 bits per heavy atom. The molecule has 2 N–H and O–H groups in total. The quantitative estimate of drug-likeness (QED) is 0.365. The van der Waals surface area contributed by atoms with Gasteiger partial charge >= 0.3 is 0 Å². The van der Waals surface area contributed by atoms with Gasteiger partial charge in [-0.05, 0) is 67.8 Å². The van der Waals surface area contributed by atoms with Crippen molar-refractivity contribution in [1.82, 2.24) is 15.3 Å². The van der Waals surface area contributed by atoms with Crippen LogP contribution in [0, 0.1) is 5.82 Å². The molecule has 0 aliphatic carbocycles. The zero-order valence-corrected chi connectivity index (χ0v) is 18.3. The Balaban J connectivity index is 1.34. The molecule has 166 valence electrons. The number of hydrogen-bond acceptors (Lipinski definition) is 4. The van der Waals surface area contributed by atoms with Crippen LogP contribution in [0.5, 0.6) is 0 Å². The molecule has 3 aromatic carbocycles. The van der Waals surface area contributed by atoms with E-state index in [0.29, 0.717) is 22.8 Å². The largest absolute Gasteiger partial charge is 0.350 e. The van der Waals surface area contributed by atoms with Crippen LogP contribution in [-0.2, 0) is 6.42 Å². The van der Waals surface area contributed by atoms with Gasteiger partial charge in [0.15, 0.2) is 5.82 Å². The van der Waals surface area contributed by atoms with Crippen LogP contribution in [0.4, 0.5) is 15.9 Å². The maximum Gasteiger partial charge on any atom is 0.251 e. The lowest BCUT2D eigenvalue weighted by atomic mass is 10.1. The average Bonchev–Trinajstić information content (AvgIpc) is 2.84. The second-order valence-corrected chi connectivity index (χ2v) is 7.88. The Morgan fingerprint density at radius 1 is 0.970 bits per heavy atom. The van der Waals surface area contributed by atoms with Crippen molar-refractivity contribution in [2.75, 3.05) is 5.32 Å². The van der Waals surface area contributed by atoms with Crippen molar-refractivity contribution in [1.29, 1.82) is 0 Å². The Morgan fingerprint density at radius 3 is 2.52 bits per heavy atom. The molecule has 1 amide bonds. The minimum atomic E-state index is -0.335. The van der Waals surface area contributed by atoms with E-state index in [1.165, 1.54) is 17.7 Å². The van der Waals surface area contributed by atoms with E-state index in [0.717, 1.165) is 18.5 Å². The summed E-state index contributed by atoms with van der Waals surface area (Å²) in [7, 11) is 0. The maximum absolute atomic E-state index is 13.5. The van der Waals surface area contributed by atoms with Crippen LogP contribution < -0.4 is 10.6 Å². The molecule has 6 heteroatoms. The first-order valence-corrected chi connectivity index (χ1v) is 10.9. The van der Waals surface area contributed by atoms with E-state index >= 15 is 0 Å². The van der Waals surface area contributed by atoms with E-state index in [1.807, 2.05) is 37.3 Å². The molecule has 0 saturated heterocycles. The van der Waals surface area contributed by atoms with E-state index in [1.54, 1.807) is 36.5 Å². The predicted molar refractivity (Wildman–Crippen MR) is 129 cm³/mol. The highest BCUT2D eigenvalue weighted by Crippen LogP contribution is 2.20. The molecular formula is C27H25FN4O. The zero-order valence-electron chi connectivity index (χ0n) is 18.3. The van der Waals surface area contributed by atoms with E-state index in [2.05, 4.69) is 32.7 Å². The third-order valence-corrected chi connectivity index (χ3v) is 5.24. The SMILES string of the molecule is C[C@@H](CCc1ccccc1)NC(=O)c1ccc(Nc2ccnc(-c3cccc(F)c3)n2)cc1. The highest BCUT2D eigenvalue weighted by Gasteiger charge is 2.10. The van der Waals surface area contributed by atoms with E-state index in [9.17, 15) is 9.18 Å². The van der Waals surface area contributed by atoms with Crippen molar-refractivity contribution in [2.24, 2.45) is 0 Å². The summed E-state index contributed by atoms with van der Waals surface area (Å²) in [4.78, 5) is 21.3. The number of hydrogen-bond donors (Lipinski definition) is 2. The fourth-order valence-electron chi connectivity index (χ4n) is 3.45. The first-order chi connectivity index (χ1) is 16.1. The van der Waals surface area contributed by atoms with Crippen LogP contribution in [0.25, 0.3) is 11.4 Å². The first-order valence-electron chi connectivity index (χ1n) is 10.9. The van der Waals surface area contributed by atoms with Gasteiger partial charge in [-0.15, -0.1) is 0 Å². The molecule has 0 saturated carbocycles. The summed E-state index contributed by atoms with van der Waals surface area (Å²) in [5.74, 6) is 0.575. The van der Waals surface area contributed by atoms with Crippen molar-refractivity contribution >= 4 is 17.4 Å². The summed E-state index contributed by atoms with van der Waals surface area (Å²) < 4.78 is 13.5. The van der Waals surface area contributed by atoms with Gasteiger partial charge in [0.2, 0.25) is 0 Å². The summed E-state index contributed by atoms with van der Waals surface area (Å²) in [5, 5.41) is 6.25. The van der Waals surface area contributed by atoms with Gasteiger partial charge in [-0.25, -0.2) is 14.4 Å². The number of nitrogens with one attached hydrogen (secondary N) is 2. The number of rotatable bonds is 8. The Bertz CT molecular complexity index is 1210. The molecule has 1 aromatic heterocycles. The smallest absolute Gasteiger partial charge is 0.251 e. The number of aromatic nitrogens is 2. The molecule has 0 spiro atoms. The first kappa shape index (κ1) is 22.1. The summed E-state index contributed by atoms with van der Waals surface area (Å²) in [6, 6.07) is 25.4. The van der Waals surface area contributed by atoms with Crippen LogP contribution in [0.3, 0.4) is 0 Å². The molecule has 0 unspecified atom stereocenters. The lowest BCUT2D eigenvalue weighted by Gasteiger charge is -2.14. The molecule has 0 radical (unpaired) electrons. The second kappa shape index (κ2) is 10.5. The number of nitrogens with zero attached hydrogens (tertiary/aromatic N) is 2. The monoisotopic (exact) mass is 440 g/mol. The molecule has 4 aromatic rings. The number of halogens is 1. The van der Waals surface area contributed by atoms with Crippen LogP contribution in [0.1, 0.15) is 29.3 Å². The van der Waals surface area contributed by atoms with Crippen molar-refractivity contribution in [3.63, 3.8) is 0 Å². The molecule has 1 atom stereocenters. The van der Waals surface area contributed by atoms with Crippen LogP contribution in [-0.4, -0.2) is 21.9 Å². The standard InChI is InChI=1S/C27H25FN4O/c1-19(10-11-20-6-3-2-4-7-20)30-27(33)21-12-14-24(15-13-21)31-25-16-17-29-26(32-25)22-8-5-9-23(28)18-22/h2-9,12-19H,10-11H2,1H3,(H,30,33)(H,29,31,32)/t19-/m0/s1. The predicted octanol–water partition coefficient (Wildman–Crippen LogP) is 5.78. The Hall–Kier alpha value is -4.06. The number of carbonyl (C=O) groups is 1. The number of aryl methyl sites for hydroxylation is 1. The molecule has 0 aliphatic heterocycles. The number of carbonyl (C=O) groups excluding carboxylic acids is 1. The topological polar surface area (TPSA) is 66.9 Å². The highest BCUT2D eigenvalue weighted by molar-refractivity contribution is 5.94. The van der Waals surface area contributed by atoms with Gasteiger partial charge in [0.25, 0.3) is 5.91 Å². The van der Waals surface area contributed by atoms with E-state index in [-0.39, 0.29) is 17.8 Å². The molecule has 33 heavy (non-hydrogen) atoms. The lowest BCUT2D eigenvalue weighted by Crippen LogP contribution is -2.32. The fraction of sp³-hybridized carbons (Fsp3) is 0.148. The highest BCUT2D eigenvalue weighted by atomic mass is 19.1. The third-order valence-electron chi connectivity index (χ3n) is 5.24. The van der Waals surface area contributed by atoms with Gasteiger partial charge in [0.1, 0.15) is 11.6 Å². The lowest BCUT2D eigenvalue weighted by molar-refractivity contribution is 0.0938. The summed E-state index contributed by atoms with van der Waals surface area (Å²) in [6.45, 7) is 2.02. The zero-order chi connectivity index (χ0) is 23.0. The minimum absolute atomic E-state index is 0.0674. The summed E-state index contributed by atoms with van der Waals surface area (Å²) in [6.07, 6.45) is 3.41. The number of benzene rings is 3. The minimum Gasteiger partial charge on any atom is -0.350 e. The van der Waals surface area contributed by atoms with Gasteiger partial charge in [-0.3, -0.25) is 4.79 Å². The average molecular weight is 441 g/mol. The molecule has 0 bridgehead atoms. The van der Waals surface area contributed by atoms with Crippen molar-refractivity contribution in [2.45, 2.75) is 25.8 Å². The number of anilines is 2. The molecule has 4 rings (SSSR count). The molecule has 5 nitrogen and oxygen atoms in total. The van der Waals surface area contributed by atoms with E-state index in [4.69, 9.17) is 0 Å². The molecule has 0 aliphatic rings. The Kier molecular flexibility index (Phi) is 7.05. The van der Waals surface area contributed by atoms with Crippen molar-refractivity contribution in [3.8, 4) is 11.4 Å². The van der Waals surface area contributed by atoms with Crippen LogP contribution in [0.2, 0.25) is 0 Å². The van der Waals surface area contributed by atoms with Gasteiger partial charge in [-0.1, -0.05) is 42.5 Å². The second-order valence-electron chi connectivity index (χ2n) is 7.88. The van der Waals surface area contributed by atoms with Crippen molar-refractivity contribution < 1.29 is 9.18 Å². The number of amides is 1.